The highest BCUT2D eigenvalue weighted by atomic mass is 16.5. The van der Waals surface area contributed by atoms with Crippen LogP contribution in [0.25, 0.3) is 0 Å². The van der Waals surface area contributed by atoms with Crippen molar-refractivity contribution in [2.45, 2.75) is 38.3 Å². The molecule has 1 heterocycles. The van der Waals surface area contributed by atoms with Gasteiger partial charge in [0.2, 0.25) is 0 Å². The van der Waals surface area contributed by atoms with Gasteiger partial charge in [-0.2, -0.15) is 0 Å². The Hall–Kier alpha value is -0.120. The largest absolute Gasteiger partial charge is 0.377 e. The van der Waals surface area contributed by atoms with Gasteiger partial charge in [-0.3, -0.25) is 4.90 Å². The topological polar surface area (TPSA) is 38.5 Å². The van der Waals surface area contributed by atoms with Crippen LogP contribution in [0.2, 0.25) is 0 Å². The first-order valence-electron chi connectivity index (χ1n) is 5.85. The van der Waals surface area contributed by atoms with Crippen LogP contribution in [0.3, 0.4) is 0 Å². The van der Waals surface area contributed by atoms with Crippen LogP contribution in [-0.4, -0.2) is 43.3 Å². The van der Waals surface area contributed by atoms with Gasteiger partial charge in [0.25, 0.3) is 0 Å². The second-order valence-electron chi connectivity index (χ2n) is 4.80. The Balaban J connectivity index is 1.76. The Morgan fingerprint density at radius 1 is 1.50 bits per heavy atom. The van der Waals surface area contributed by atoms with E-state index in [1.165, 1.54) is 12.8 Å². The van der Waals surface area contributed by atoms with Crippen LogP contribution < -0.4 is 5.73 Å². The summed E-state index contributed by atoms with van der Waals surface area (Å²) >= 11 is 0. The zero-order valence-corrected chi connectivity index (χ0v) is 9.11. The molecule has 0 spiro atoms. The van der Waals surface area contributed by atoms with E-state index in [4.69, 9.17) is 10.5 Å². The Labute approximate surface area is 86.6 Å². The molecular formula is C11H22N2O. The summed E-state index contributed by atoms with van der Waals surface area (Å²) in [6.45, 7) is 6.35. The van der Waals surface area contributed by atoms with Crippen LogP contribution >= 0.6 is 0 Å². The summed E-state index contributed by atoms with van der Waals surface area (Å²) in [5.74, 6) is 0.814. The molecule has 3 heteroatoms. The molecule has 2 N–H and O–H groups in total. The fourth-order valence-electron chi connectivity index (χ4n) is 2.22. The van der Waals surface area contributed by atoms with Crippen molar-refractivity contribution in [1.29, 1.82) is 0 Å². The van der Waals surface area contributed by atoms with Crippen molar-refractivity contribution in [2.75, 3.05) is 26.2 Å². The third kappa shape index (κ3) is 2.94. The van der Waals surface area contributed by atoms with E-state index >= 15 is 0 Å². The molecule has 0 amide bonds. The van der Waals surface area contributed by atoms with Crippen molar-refractivity contribution in [3.05, 3.63) is 0 Å². The van der Waals surface area contributed by atoms with Gasteiger partial charge < -0.3 is 10.5 Å². The molecule has 14 heavy (non-hydrogen) atoms. The van der Waals surface area contributed by atoms with E-state index in [0.717, 1.165) is 38.6 Å². The smallest absolute Gasteiger partial charge is 0.0673 e. The monoisotopic (exact) mass is 198 g/mol. The lowest BCUT2D eigenvalue weighted by Crippen LogP contribution is -2.41. The van der Waals surface area contributed by atoms with E-state index in [0.29, 0.717) is 12.1 Å². The van der Waals surface area contributed by atoms with E-state index < -0.39 is 0 Å². The van der Waals surface area contributed by atoms with Gasteiger partial charge in [-0.15, -0.1) is 0 Å². The van der Waals surface area contributed by atoms with E-state index in [9.17, 15) is 0 Å². The van der Waals surface area contributed by atoms with Gasteiger partial charge in [-0.05, 0) is 32.1 Å². The van der Waals surface area contributed by atoms with Gasteiger partial charge in [0.05, 0.1) is 6.10 Å². The van der Waals surface area contributed by atoms with Gasteiger partial charge >= 0.3 is 0 Å². The van der Waals surface area contributed by atoms with Crippen molar-refractivity contribution in [3.63, 3.8) is 0 Å². The van der Waals surface area contributed by atoms with Crippen molar-refractivity contribution in [2.24, 2.45) is 11.7 Å². The molecule has 2 aliphatic rings. The number of nitrogens with zero attached hydrogens (tertiary/aromatic N) is 1. The van der Waals surface area contributed by atoms with Crippen molar-refractivity contribution >= 4 is 0 Å². The summed E-state index contributed by atoms with van der Waals surface area (Å²) in [7, 11) is 0. The zero-order valence-electron chi connectivity index (χ0n) is 9.11. The molecule has 3 nitrogen and oxygen atoms in total. The maximum absolute atomic E-state index is 6.12. The third-order valence-electron chi connectivity index (χ3n) is 3.23. The first-order chi connectivity index (χ1) is 6.75. The predicted molar refractivity (Wildman–Crippen MR) is 57.2 cm³/mol. The second kappa shape index (κ2) is 4.60. The first-order valence-corrected chi connectivity index (χ1v) is 5.85. The van der Waals surface area contributed by atoms with E-state index in [1.54, 1.807) is 0 Å². The molecule has 1 saturated heterocycles. The highest BCUT2D eigenvalue weighted by Gasteiger charge is 2.30. The molecule has 0 bridgehead atoms. The Kier molecular flexibility index (Phi) is 3.42. The lowest BCUT2D eigenvalue weighted by molar-refractivity contribution is 0.0667. The molecule has 0 radical (unpaired) electrons. The Bertz CT molecular complexity index is 182. The van der Waals surface area contributed by atoms with E-state index in [-0.39, 0.29) is 0 Å². The van der Waals surface area contributed by atoms with Crippen LogP contribution in [0.4, 0.5) is 0 Å². The van der Waals surface area contributed by atoms with E-state index in [2.05, 4.69) is 11.8 Å². The minimum Gasteiger partial charge on any atom is -0.377 e. The van der Waals surface area contributed by atoms with Crippen molar-refractivity contribution in [3.8, 4) is 0 Å². The predicted octanol–water partition coefficient (Wildman–Crippen LogP) is 0.834. The SMILES string of the molecule is CC1CN(CC(N)C2CC2)CCCO1. The molecule has 0 aromatic heterocycles. The van der Waals surface area contributed by atoms with Gasteiger partial charge in [0, 0.05) is 32.3 Å². The summed E-state index contributed by atoms with van der Waals surface area (Å²) in [6, 6.07) is 0.403. The normalized spacial score (nSPS) is 32.6. The van der Waals surface area contributed by atoms with Gasteiger partial charge in [-0.1, -0.05) is 0 Å². The minimum absolute atomic E-state index is 0.379. The van der Waals surface area contributed by atoms with Gasteiger partial charge in [-0.25, -0.2) is 0 Å². The highest BCUT2D eigenvalue weighted by molar-refractivity contribution is 4.86. The second-order valence-corrected chi connectivity index (χ2v) is 4.80. The van der Waals surface area contributed by atoms with Crippen molar-refractivity contribution in [1.82, 2.24) is 4.90 Å². The molecule has 82 valence electrons. The highest BCUT2D eigenvalue weighted by Crippen LogP contribution is 2.31. The summed E-state index contributed by atoms with van der Waals surface area (Å²) in [5.41, 5.74) is 6.12. The van der Waals surface area contributed by atoms with Crippen LogP contribution in [0.5, 0.6) is 0 Å². The number of ether oxygens (including phenoxy) is 1. The van der Waals surface area contributed by atoms with Crippen LogP contribution in [0.15, 0.2) is 0 Å². The Morgan fingerprint density at radius 3 is 3.00 bits per heavy atom. The number of hydrogen-bond donors (Lipinski definition) is 1. The molecule has 2 rings (SSSR count). The number of hydrogen-bond acceptors (Lipinski definition) is 3. The molecule has 0 aromatic rings. The summed E-state index contributed by atoms with van der Waals surface area (Å²) in [4.78, 5) is 2.47. The third-order valence-corrected chi connectivity index (χ3v) is 3.23. The fraction of sp³-hybridized carbons (Fsp3) is 1.00. The first kappa shape index (κ1) is 10.4. The fourth-order valence-corrected chi connectivity index (χ4v) is 2.22. The van der Waals surface area contributed by atoms with E-state index in [1.807, 2.05) is 0 Å². The lowest BCUT2D eigenvalue weighted by atomic mass is 10.2. The summed E-state index contributed by atoms with van der Waals surface area (Å²) < 4.78 is 5.61. The average molecular weight is 198 g/mol. The molecule has 2 atom stereocenters. The Morgan fingerprint density at radius 2 is 2.29 bits per heavy atom. The number of rotatable bonds is 3. The van der Waals surface area contributed by atoms with Crippen LogP contribution in [-0.2, 0) is 4.74 Å². The lowest BCUT2D eigenvalue weighted by Gasteiger charge is -2.25. The van der Waals surface area contributed by atoms with Gasteiger partial charge in [0.1, 0.15) is 0 Å². The van der Waals surface area contributed by atoms with Gasteiger partial charge in [0.15, 0.2) is 0 Å². The molecule has 1 aliphatic carbocycles. The maximum atomic E-state index is 6.12. The maximum Gasteiger partial charge on any atom is 0.0673 e. The quantitative estimate of drug-likeness (QED) is 0.730. The molecule has 2 fully saturated rings. The molecule has 2 unspecified atom stereocenters. The number of nitrogens with two attached hydrogens (primary N) is 1. The zero-order chi connectivity index (χ0) is 9.97. The minimum atomic E-state index is 0.379. The van der Waals surface area contributed by atoms with Crippen LogP contribution in [0, 0.1) is 5.92 Å². The standard InChI is InChI=1S/C11H22N2O/c1-9-7-13(5-2-6-14-9)8-11(12)10-3-4-10/h9-11H,2-8,12H2,1H3. The molecule has 0 aromatic carbocycles. The summed E-state index contributed by atoms with van der Waals surface area (Å²) in [6.07, 6.45) is 4.23. The average Bonchev–Trinajstić information content (AvgIpc) is 2.91. The summed E-state index contributed by atoms with van der Waals surface area (Å²) in [5, 5.41) is 0. The van der Waals surface area contributed by atoms with Crippen LogP contribution in [0.1, 0.15) is 26.2 Å². The molecular weight excluding hydrogens is 176 g/mol. The molecule has 1 saturated carbocycles. The molecule has 1 aliphatic heterocycles. The van der Waals surface area contributed by atoms with Crippen molar-refractivity contribution < 1.29 is 4.74 Å².